The maximum atomic E-state index is 13.9. The zero-order valence-electron chi connectivity index (χ0n) is 13.5. The second-order valence-corrected chi connectivity index (χ2v) is 6.61. The molecule has 3 rings (SSSR count). The third-order valence-electron chi connectivity index (χ3n) is 4.06. The molecule has 0 radical (unpaired) electrons. The lowest BCUT2D eigenvalue weighted by molar-refractivity contribution is -0.122. The Morgan fingerprint density at radius 1 is 1.32 bits per heavy atom. The van der Waals surface area contributed by atoms with Gasteiger partial charge in [-0.05, 0) is 30.3 Å². The van der Waals surface area contributed by atoms with Crippen molar-refractivity contribution in [3.8, 4) is 5.75 Å². The monoisotopic (exact) mass is 406 g/mol. The summed E-state index contributed by atoms with van der Waals surface area (Å²) in [6, 6.07) is 11.5. The molecule has 25 heavy (non-hydrogen) atoms. The van der Waals surface area contributed by atoms with Gasteiger partial charge in [0.25, 0.3) is 0 Å². The van der Waals surface area contributed by atoms with E-state index in [0.717, 1.165) is 0 Å². The van der Waals surface area contributed by atoms with Crippen molar-refractivity contribution in [1.29, 1.82) is 0 Å². The van der Waals surface area contributed by atoms with Crippen molar-refractivity contribution in [3.05, 3.63) is 52.8 Å². The van der Waals surface area contributed by atoms with Crippen LogP contribution in [0, 0.1) is 11.7 Å². The number of anilines is 2. The van der Waals surface area contributed by atoms with Crippen LogP contribution in [0.4, 0.5) is 15.8 Å². The molecule has 0 unspecified atom stereocenters. The molecule has 2 aromatic rings. The molecule has 2 amide bonds. The fourth-order valence-corrected chi connectivity index (χ4v) is 3.13. The van der Waals surface area contributed by atoms with Gasteiger partial charge in [-0.3, -0.25) is 9.59 Å². The van der Waals surface area contributed by atoms with E-state index < -0.39 is 11.7 Å². The van der Waals surface area contributed by atoms with Crippen LogP contribution in [-0.4, -0.2) is 25.5 Å². The van der Waals surface area contributed by atoms with Crippen molar-refractivity contribution < 1.29 is 18.7 Å². The zero-order valence-corrected chi connectivity index (χ0v) is 15.0. The lowest BCUT2D eigenvalue weighted by Gasteiger charge is -2.19. The van der Waals surface area contributed by atoms with Crippen LogP contribution in [0.25, 0.3) is 0 Å². The molecule has 130 valence electrons. The summed E-state index contributed by atoms with van der Waals surface area (Å²) in [6.07, 6.45) is 0.0715. The zero-order chi connectivity index (χ0) is 18.0. The van der Waals surface area contributed by atoms with E-state index in [0.29, 0.717) is 15.9 Å². The predicted octanol–water partition coefficient (Wildman–Crippen LogP) is 3.59. The number of ether oxygens (including phenoxy) is 1. The normalized spacial score (nSPS) is 16.8. The molecular formula is C18H16BrFN2O3. The van der Waals surface area contributed by atoms with Crippen molar-refractivity contribution in [2.45, 2.75) is 6.42 Å². The van der Waals surface area contributed by atoms with Crippen LogP contribution in [0.5, 0.6) is 5.75 Å². The van der Waals surface area contributed by atoms with Gasteiger partial charge < -0.3 is 15.0 Å². The number of rotatable bonds is 4. The largest absolute Gasteiger partial charge is 0.495 e. The fraction of sp³-hybridized carbons (Fsp3) is 0.222. The van der Waals surface area contributed by atoms with E-state index >= 15 is 0 Å². The number of hydrogen-bond acceptors (Lipinski definition) is 3. The van der Waals surface area contributed by atoms with Gasteiger partial charge >= 0.3 is 0 Å². The molecule has 1 heterocycles. The van der Waals surface area contributed by atoms with E-state index in [2.05, 4.69) is 21.2 Å². The van der Waals surface area contributed by atoms with E-state index in [4.69, 9.17) is 4.74 Å². The molecule has 0 aliphatic carbocycles. The summed E-state index contributed by atoms with van der Waals surface area (Å²) in [5.41, 5.74) is 0.719. The van der Waals surface area contributed by atoms with Crippen LogP contribution in [0.3, 0.4) is 0 Å². The highest BCUT2D eigenvalue weighted by atomic mass is 79.9. The van der Waals surface area contributed by atoms with E-state index in [9.17, 15) is 14.0 Å². The lowest BCUT2D eigenvalue weighted by atomic mass is 10.1. The molecule has 7 heteroatoms. The summed E-state index contributed by atoms with van der Waals surface area (Å²) in [5.74, 6) is -1.07. The van der Waals surface area contributed by atoms with Crippen molar-refractivity contribution >= 4 is 39.1 Å². The van der Waals surface area contributed by atoms with Gasteiger partial charge in [-0.25, -0.2) is 4.39 Å². The molecule has 5 nitrogen and oxygen atoms in total. The summed E-state index contributed by atoms with van der Waals surface area (Å²) in [7, 11) is 1.53. The quantitative estimate of drug-likeness (QED) is 0.843. The van der Waals surface area contributed by atoms with Crippen LogP contribution < -0.4 is 15.0 Å². The van der Waals surface area contributed by atoms with E-state index in [-0.39, 0.29) is 30.5 Å². The Morgan fingerprint density at radius 3 is 2.80 bits per heavy atom. The van der Waals surface area contributed by atoms with Crippen LogP contribution in [0.15, 0.2) is 46.9 Å². The molecular weight excluding hydrogens is 391 g/mol. The Labute approximate surface area is 152 Å². The van der Waals surface area contributed by atoms with Gasteiger partial charge in [0.15, 0.2) is 0 Å². The molecule has 1 fully saturated rings. The number of carbonyl (C=O) groups is 2. The summed E-state index contributed by atoms with van der Waals surface area (Å²) in [6.45, 7) is 0.225. The topological polar surface area (TPSA) is 58.6 Å². The minimum atomic E-state index is -0.555. The maximum absolute atomic E-state index is 13.9. The second-order valence-electron chi connectivity index (χ2n) is 5.69. The van der Waals surface area contributed by atoms with Crippen molar-refractivity contribution in [2.24, 2.45) is 5.92 Å². The number of carbonyl (C=O) groups excluding carboxylic acids is 2. The van der Waals surface area contributed by atoms with Crippen LogP contribution in [-0.2, 0) is 9.59 Å². The number of methoxy groups -OCH3 is 1. The van der Waals surface area contributed by atoms with Gasteiger partial charge in [0, 0.05) is 17.4 Å². The number of benzene rings is 2. The fourth-order valence-electron chi connectivity index (χ4n) is 2.79. The minimum Gasteiger partial charge on any atom is -0.495 e. The number of halogens is 2. The Hall–Kier alpha value is -2.41. The van der Waals surface area contributed by atoms with Gasteiger partial charge in [-0.2, -0.15) is 0 Å². The van der Waals surface area contributed by atoms with E-state index in [1.165, 1.54) is 24.1 Å². The van der Waals surface area contributed by atoms with Crippen molar-refractivity contribution in [2.75, 3.05) is 23.9 Å². The molecule has 2 aromatic carbocycles. The van der Waals surface area contributed by atoms with Crippen LogP contribution in [0.1, 0.15) is 6.42 Å². The van der Waals surface area contributed by atoms with Gasteiger partial charge in [-0.15, -0.1) is 0 Å². The third kappa shape index (κ3) is 3.66. The average molecular weight is 407 g/mol. The highest BCUT2D eigenvalue weighted by Gasteiger charge is 2.36. The third-order valence-corrected chi connectivity index (χ3v) is 4.55. The van der Waals surface area contributed by atoms with Gasteiger partial charge in [0.05, 0.1) is 24.4 Å². The average Bonchev–Trinajstić information content (AvgIpc) is 2.99. The predicted molar refractivity (Wildman–Crippen MR) is 96.2 cm³/mol. The smallest absolute Gasteiger partial charge is 0.229 e. The number of nitrogens with zero attached hydrogens (tertiary/aromatic N) is 1. The van der Waals surface area contributed by atoms with Crippen LogP contribution >= 0.6 is 15.9 Å². The molecule has 1 aliphatic heterocycles. The first-order valence-electron chi connectivity index (χ1n) is 7.69. The second kappa shape index (κ2) is 7.23. The van der Waals surface area contributed by atoms with E-state index in [1.807, 2.05) is 6.07 Å². The molecule has 1 aliphatic rings. The molecule has 0 aromatic heterocycles. The van der Waals surface area contributed by atoms with Gasteiger partial charge in [0.2, 0.25) is 11.8 Å². The highest BCUT2D eigenvalue weighted by Crippen LogP contribution is 2.33. The summed E-state index contributed by atoms with van der Waals surface area (Å²) in [5, 5.41) is 2.56. The summed E-state index contributed by atoms with van der Waals surface area (Å²) >= 11 is 3.17. The first-order chi connectivity index (χ1) is 12.0. The molecule has 1 saturated heterocycles. The molecule has 0 saturated carbocycles. The molecule has 1 atom stereocenters. The standard InChI is InChI=1S/C18H16BrFN2O3/c1-25-16-5-3-2-4-15(16)22-10-11(8-17(22)23)18(24)21-14-7-6-12(19)9-13(14)20/h2-7,9,11H,8,10H2,1H3,(H,21,24)/t11-/m0/s1. The first kappa shape index (κ1) is 17.4. The van der Waals surface area contributed by atoms with Gasteiger partial charge in [0.1, 0.15) is 11.6 Å². The number of nitrogens with one attached hydrogen (secondary N) is 1. The number of para-hydroxylation sites is 2. The van der Waals surface area contributed by atoms with Crippen molar-refractivity contribution in [1.82, 2.24) is 0 Å². The lowest BCUT2D eigenvalue weighted by Crippen LogP contribution is -2.28. The molecule has 1 N–H and O–H groups in total. The Bertz CT molecular complexity index is 828. The van der Waals surface area contributed by atoms with E-state index in [1.54, 1.807) is 24.3 Å². The molecule has 0 bridgehead atoms. The number of hydrogen-bond donors (Lipinski definition) is 1. The van der Waals surface area contributed by atoms with Crippen molar-refractivity contribution in [3.63, 3.8) is 0 Å². The SMILES string of the molecule is COc1ccccc1N1C[C@@H](C(=O)Nc2ccc(Br)cc2F)CC1=O. The van der Waals surface area contributed by atoms with Gasteiger partial charge in [-0.1, -0.05) is 28.1 Å². The van der Waals surface area contributed by atoms with Crippen LogP contribution in [0.2, 0.25) is 0 Å². The number of amides is 2. The summed E-state index contributed by atoms with van der Waals surface area (Å²) in [4.78, 5) is 26.3. The highest BCUT2D eigenvalue weighted by molar-refractivity contribution is 9.10. The first-order valence-corrected chi connectivity index (χ1v) is 8.48. The molecule has 0 spiro atoms. The minimum absolute atomic E-state index is 0.0715. The Kier molecular flexibility index (Phi) is 5.03. The Morgan fingerprint density at radius 2 is 2.08 bits per heavy atom. The Balaban J connectivity index is 1.74. The summed E-state index contributed by atoms with van der Waals surface area (Å²) < 4.78 is 19.7. The maximum Gasteiger partial charge on any atom is 0.229 e.